The molecule has 2 heterocycles. The average molecular weight is 500 g/mol. The van der Waals surface area contributed by atoms with Gasteiger partial charge in [0.2, 0.25) is 10.0 Å². The molecule has 0 aliphatic heterocycles. The van der Waals surface area contributed by atoms with Gasteiger partial charge in [-0.1, -0.05) is 22.4 Å². The number of aliphatic carboxylic acids is 1. The van der Waals surface area contributed by atoms with E-state index < -0.39 is 32.2 Å². The minimum absolute atomic E-state index is 0.0260. The van der Waals surface area contributed by atoms with Crippen molar-refractivity contribution >= 4 is 26.1 Å². The summed E-state index contributed by atoms with van der Waals surface area (Å²) < 4.78 is 67.2. The maximum Gasteiger partial charge on any atom is 0.344 e. The third-order valence-corrected chi connectivity index (χ3v) is 7.83. The number of nitrogens with one attached hydrogen (secondary N) is 1. The molecule has 1 atom stereocenters. The maximum atomic E-state index is 12.6. The SMILES string of the molecule is Cc1noc(C)c1S(=O)(=O)N[C@H](Cc1ccc(OS(=O)(=O)c2c(C)noc2C)cc1)C(=O)O. The second-order valence-electron chi connectivity index (χ2n) is 7.20. The van der Waals surface area contributed by atoms with E-state index in [0.29, 0.717) is 5.56 Å². The number of sulfonamides is 1. The van der Waals surface area contributed by atoms with Gasteiger partial charge in [0.25, 0.3) is 0 Å². The van der Waals surface area contributed by atoms with Crippen LogP contribution >= 0.6 is 0 Å². The summed E-state index contributed by atoms with van der Waals surface area (Å²) in [6.07, 6.45) is -0.213. The summed E-state index contributed by atoms with van der Waals surface area (Å²) in [5.74, 6) is -1.31. The first-order valence-corrected chi connectivity index (χ1v) is 12.4. The molecule has 0 aliphatic rings. The first kappa shape index (κ1) is 24.4. The van der Waals surface area contributed by atoms with Gasteiger partial charge in [-0.25, -0.2) is 8.42 Å². The fourth-order valence-corrected chi connectivity index (χ4v) is 5.96. The number of nitrogens with zero attached hydrogens (tertiary/aromatic N) is 2. The Hall–Kier alpha value is -3.23. The van der Waals surface area contributed by atoms with Crippen molar-refractivity contribution in [1.82, 2.24) is 15.0 Å². The molecule has 0 spiro atoms. The highest BCUT2D eigenvalue weighted by molar-refractivity contribution is 7.89. The van der Waals surface area contributed by atoms with Crippen molar-refractivity contribution in [3.8, 4) is 5.75 Å². The van der Waals surface area contributed by atoms with Crippen LogP contribution in [0.5, 0.6) is 5.75 Å². The lowest BCUT2D eigenvalue weighted by Crippen LogP contribution is -2.42. The highest BCUT2D eigenvalue weighted by Gasteiger charge is 2.31. The summed E-state index contributed by atoms with van der Waals surface area (Å²) in [6, 6.07) is 4.01. The summed E-state index contributed by atoms with van der Waals surface area (Å²) in [6.45, 7) is 5.73. The van der Waals surface area contributed by atoms with Gasteiger partial charge in [-0.3, -0.25) is 4.79 Å². The van der Waals surface area contributed by atoms with Gasteiger partial charge in [-0.2, -0.15) is 13.1 Å². The Morgan fingerprint density at radius 1 is 0.970 bits per heavy atom. The molecular weight excluding hydrogens is 478 g/mol. The van der Waals surface area contributed by atoms with Gasteiger partial charge in [-0.15, -0.1) is 0 Å². The molecule has 3 aromatic rings. The number of aromatic nitrogens is 2. The van der Waals surface area contributed by atoms with Gasteiger partial charge in [-0.05, 0) is 51.8 Å². The Morgan fingerprint density at radius 2 is 1.48 bits per heavy atom. The van der Waals surface area contributed by atoms with Crippen molar-refractivity contribution < 1.29 is 40.0 Å². The largest absolute Gasteiger partial charge is 0.480 e. The molecule has 14 heteroatoms. The lowest BCUT2D eigenvalue weighted by molar-refractivity contribution is -0.138. The van der Waals surface area contributed by atoms with Crippen LogP contribution in [-0.2, 0) is 31.4 Å². The number of aryl methyl sites for hydroxylation is 4. The predicted octanol–water partition coefficient (Wildman–Crippen LogP) is 1.64. The number of rotatable bonds is 9. The molecule has 0 fully saturated rings. The van der Waals surface area contributed by atoms with Crippen molar-refractivity contribution in [1.29, 1.82) is 0 Å². The van der Waals surface area contributed by atoms with Crippen LogP contribution in [0.25, 0.3) is 0 Å². The first-order valence-electron chi connectivity index (χ1n) is 9.46. The van der Waals surface area contributed by atoms with Gasteiger partial charge < -0.3 is 18.3 Å². The van der Waals surface area contributed by atoms with Gasteiger partial charge in [0, 0.05) is 0 Å². The van der Waals surface area contributed by atoms with Crippen molar-refractivity contribution in [2.75, 3.05) is 0 Å². The number of carboxylic acids is 1. The highest BCUT2D eigenvalue weighted by Crippen LogP contribution is 2.25. The molecule has 0 unspecified atom stereocenters. The van der Waals surface area contributed by atoms with Gasteiger partial charge in [0.15, 0.2) is 16.4 Å². The molecule has 0 bridgehead atoms. The van der Waals surface area contributed by atoms with E-state index in [-0.39, 0.29) is 44.9 Å². The molecule has 178 valence electrons. The molecular formula is C19H21N3O9S2. The van der Waals surface area contributed by atoms with Crippen LogP contribution in [0.3, 0.4) is 0 Å². The Bertz CT molecular complexity index is 1350. The molecule has 0 amide bonds. The van der Waals surface area contributed by atoms with Gasteiger partial charge in [0.05, 0.1) is 0 Å². The van der Waals surface area contributed by atoms with Crippen LogP contribution in [0.1, 0.15) is 28.5 Å². The number of benzene rings is 1. The number of carbonyl (C=O) groups is 1. The van der Waals surface area contributed by atoms with E-state index in [9.17, 15) is 26.7 Å². The smallest absolute Gasteiger partial charge is 0.344 e. The van der Waals surface area contributed by atoms with Crippen LogP contribution in [0.15, 0.2) is 43.1 Å². The molecule has 0 aliphatic carbocycles. The molecule has 0 radical (unpaired) electrons. The van der Waals surface area contributed by atoms with E-state index in [2.05, 4.69) is 15.0 Å². The molecule has 33 heavy (non-hydrogen) atoms. The maximum absolute atomic E-state index is 12.6. The summed E-state index contributed by atoms with van der Waals surface area (Å²) >= 11 is 0. The standard InChI is InChI=1S/C19H21N3O9S2/c1-10-17(12(3)29-20-10)32(25,26)22-16(19(23)24)9-14-5-7-15(8-6-14)31-33(27,28)18-11(2)21-30-13(18)4/h5-8,16,22H,9H2,1-4H3,(H,23,24)/t16-/m1/s1. The minimum atomic E-state index is -4.21. The van der Waals surface area contributed by atoms with E-state index in [0.717, 1.165) is 0 Å². The van der Waals surface area contributed by atoms with Gasteiger partial charge in [0.1, 0.15) is 28.1 Å². The minimum Gasteiger partial charge on any atom is -0.480 e. The Morgan fingerprint density at radius 3 is 1.94 bits per heavy atom. The van der Waals surface area contributed by atoms with Crippen molar-refractivity contribution in [2.45, 2.75) is 49.9 Å². The second kappa shape index (κ2) is 8.96. The summed E-state index contributed by atoms with van der Waals surface area (Å²) in [5, 5.41) is 16.7. The zero-order valence-corrected chi connectivity index (χ0v) is 19.7. The summed E-state index contributed by atoms with van der Waals surface area (Å²) in [5.41, 5.74) is 0.676. The molecule has 3 rings (SSSR count). The Balaban J connectivity index is 1.76. The predicted molar refractivity (Wildman–Crippen MR) is 112 cm³/mol. The second-order valence-corrected chi connectivity index (χ2v) is 10.3. The lowest BCUT2D eigenvalue weighted by atomic mass is 10.1. The third-order valence-electron chi connectivity index (χ3n) is 4.62. The normalized spacial score (nSPS) is 13.1. The number of carboxylic acid groups (broad SMARTS) is 1. The van der Waals surface area contributed by atoms with Crippen molar-refractivity contribution in [3.63, 3.8) is 0 Å². The van der Waals surface area contributed by atoms with E-state index in [1.54, 1.807) is 0 Å². The molecule has 2 aromatic heterocycles. The van der Waals surface area contributed by atoms with Crippen LogP contribution in [0.4, 0.5) is 0 Å². The zero-order valence-electron chi connectivity index (χ0n) is 18.0. The Labute approximate surface area is 189 Å². The van der Waals surface area contributed by atoms with E-state index in [1.165, 1.54) is 52.0 Å². The van der Waals surface area contributed by atoms with E-state index in [1.807, 2.05) is 0 Å². The van der Waals surface area contributed by atoms with Crippen LogP contribution in [-0.4, -0.2) is 44.3 Å². The fraction of sp³-hybridized carbons (Fsp3) is 0.316. The highest BCUT2D eigenvalue weighted by atomic mass is 32.2. The molecule has 0 saturated heterocycles. The monoisotopic (exact) mass is 499 g/mol. The summed E-state index contributed by atoms with van der Waals surface area (Å²) in [7, 11) is -8.41. The molecule has 2 N–H and O–H groups in total. The summed E-state index contributed by atoms with van der Waals surface area (Å²) in [4.78, 5) is 11.3. The van der Waals surface area contributed by atoms with E-state index in [4.69, 9.17) is 13.2 Å². The van der Waals surface area contributed by atoms with Crippen LogP contribution in [0, 0.1) is 27.7 Å². The first-order chi connectivity index (χ1) is 15.3. The Kier molecular flexibility index (Phi) is 6.63. The van der Waals surface area contributed by atoms with E-state index >= 15 is 0 Å². The molecule has 12 nitrogen and oxygen atoms in total. The number of hydrogen-bond donors (Lipinski definition) is 2. The quantitative estimate of drug-likeness (QED) is 0.409. The molecule has 1 aromatic carbocycles. The lowest BCUT2D eigenvalue weighted by Gasteiger charge is -2.15. The van der Waals surface area contributed by atoms with Crippen LogP contribution in [0.2, 0.25) is 0 Å². The topological polar surface area (TPSA) is 179 Å². The van der Waals surface area contributed by atoms with Gasteiger partial charge >= 0.3 is 16.1 Å². The number of hydrogen-bond acceptors (Lipinski definition) is 10. The van der Waals surface area contributed by atoms with Crippen molar-refractivity contribution in [2.24, 2.45) is 0 Å². The molecule has 0 saturated carbocycles. The fourth-order valence-electron chi connectivity index (χ4n) is 3.20. The van der Waals surface area contributed by atoms with Crippen molar-refractivity contribution in [3.05, 3.63) is 52.7 Å². The van der Waals surface area contributed by atoms with Crippen LogP contribution < -0.4 is 8.91 Å². The zero-order chi connectivity index (χ0) is 24.6. The average Bonchev–Trinajstić information content (AvgIpc) is 3.23. The third kappa shape index (κ3) is 5.23.